The summed E-state index contributed by atoms with van der Waals surface area (Å²) in [4.78, 5) is 21.1. The zero-order valence-electron chi connectivity index (χ0n) is 15.8. The Balaban J connectivity index is 1.39. The van der Waals surface area contributed by atoms with Crippen molar-refractivity contribution in [3.05, 3.63) is 80.1 Å². The van der Waals surface area contributed by atoms with Crippen LogP contribution < -0.4 is 10.3 Å². The fourth-order valence-electron chi connectivity index (χ4n) is 2.93. The second kappa shape index (κ2) is 9.15. The van der Waals surface area contributed by atoms with Gasteiger partial charge in [-0.15, -0.1) is 11.3 Å². The number of aromatic nitrogens is 2. The minimum atomic E-state index is -0.0827. The summed E-state index contributed by atoms with van der Waals surface area (Å²) in [5.41, 5.74) is 3.08. The molecule has 0 aliphatic rings. The van der Waals surface area contributed by atoms with Crippen LogP contribution in [0.4, 0.5) is 0 Å². The standard InChI is InChI=1S/C22H19BrN2O2S2/c1-14-2-8-17(9-3-14)27-10-11-28-13-19-24-21(26)20-18(12-29-22(20)25-19)15-4-6-16(23)7-5-15/h2-9,12H,10-11,13H2,1H3,(H,24,25,26). The molecular formula is C22H19BrN2O2S2. The van der Waals surface area contributed by atoms with Gasteiger partial charge in [0.05, 0.1) is 17.7 Å². The van der Waals surface area contributed by atoms with Gasteiger partial charge in [-0.3, -0.25) is 4.79 Å². The number of hydrogen-bond acceptors (Lipinski definition) is 5. The van der Waals surface area contributed by atoms with Crippen LogP contribution in [0.25, 0.3) is 21.3 Å². The summed E-state index contributed by atoms with van der Waals surface area (Å²) in [5, 5.41) is 2.66. The molecule has 148 valence electrons. The molecule has 2 heterocycles. The van der Waals surface area contributed by atoms with Crippen LogP contribution in [0.15, 0.2) is 63.2 Å². The van der Waals surface area contributed by atoms with E-state index in [1.54, 1.807) is 11.8 Å². The number of thioether (sulfide) groups is 1. The van der Waals surface area contributed by atoms with Gasteiger partial charge >= 0.3 is 0 Å². The van der Waals surface area contributed by atoms with Crippen molar-refractivity contribution >= 4 is 49.2 Å². The molecule has 4 rings (SSSR count). The third kappa shape index (κ3) is 4.91. The third-order valence-electron chi connectivity index (χ3n) is 4.40. The zero-order chi connectivity index (χ0) is 20.2. The maximum absolute atomic E-state index is 12.7. The molecule has 0 aliphatic heterocycles. The summed E-state index contributed by atoms with van der Waals surface area (Å²) in [7, 11) is 0. The summed E-state index contributed by atoms with van der Waals surface area (Å²) in [5.74, 6) is 3.05. The number of halogens is 1. The van der Waals surface area contributed by atoms with Crippen molar-refractivity contribution in [2.75, 3.05) is 12.4 Å². The molecule has 1 N–H and O–H groups in total. The van der Waals surface area contributed by atoms with E-state index in [4.69, 9.17) is 4.74 Å². The normalized spacial score (nSPS) is 11.1. The first-order valence-electron chi connectivity index (χ1n) is 9.14. The lowest BCUT2D eigenvalue weighted by Gasteiger charge is -2.06. The molecule has 0 unspecified atom stereocenters. The van der Waals surface area contributed by atoms with Crippen molar-refractivity contribution < 1.29 is 4.74 Å². The Morgan fingerprint density at radius 3 is 2.66 bits per heavy atom. The molecule has 0 saturated carbocycles. The second-order valence-electron chi connectivity index (χ2n) is 6.56. The number of thiophene rings is 1. The van der Waals surface area contributed by atoms with E-state index < -0.39 is 0 Å². The molecule has 0 saturated heterocycles. The highest BCUT2D eigenvalue weighted by Gasteiger charge is 2.13. The largest absolute Gasteiger partial charge is 0.493 e. The number of aromatic amines is 1. The fraction of sp³-hybridized carbons (Fsp3) is 0.182. The Morgan fingerprint density at radius 2 is 1.90 bits per heavy atom. The van der Waals surface area contributed by atoms with Crippen molar-refractivity contribution in [1.29, 1.82) is 0 Å². The molecule has 7 heteroatoms. The van der Waals surface area contributed by atoms with Gasteiger partial charge in [0, 0.05) is 21.2 Å². The van der Waals surface area contributed by atoms with Crippen LogP contribution in [0.2, 0.25) is 0 Å². The number of nitrogens with one attached hydrogen (secondary N) is 1. The summed E-state index contributed by atoms with van der Waals surface area (Å²) in [6.45, 7) is 2.67. The van der Waals surface area contributed by atoms with Gasteiger partial charge in [0.1, 0.15) is 16.4 Å². The smallest absolute Gasteiger partial charge is 0.260 e. The lowest BCUT2D eigenvalue weighted by atomic mass is 10.1. The van der Waals surface area contributed by atoms with Gasteiger partial charge in [-0.1, -0.05) is 45.8 Å². The Hall–Kier alpha value is -2.09. The van der Waals surface area contributed by atoms with E-state index in [0.29, 0.717) is 23.6 Å². The van der Waals surface area contributed by atoms with Crippen molar-refractivity contribution in [3.8, 4) is 16.9 Å². The SMILES string of the molecule is Cc1ccc(OCCSCc2nc3scc(-c4ccc(Br)cc4)c3c(=O)[nH]2)cc1. The lowest BCUT2D eigenvalue weighted by Crippen LogP contribution is -2.11. The molecule has 0 aliphatic carbocycles. The van der Waals surface area contributed by atoms with Crippen molar-refractivity contribution in [2.45, 2.75) is 12.7 Å². The molecule has 0 spiro atoms. The van der Waals surface area contributed by atoms with Crippen LogP contribution in [0, 0.1) is 6.92 Å². The summed E-state index contributed by atoms with van der Waals surface area (Å²) >= 11 is 6.64. The average Bonchev–Trinajstić information content (AvgIpc) is 3.14. The van der Waals surface area contributed by atoms with Crippen LogP contribution in [0.1, 0.15) is 11.4 Å². The van der Waals surface area contributed by atoms with Gasteiger partial charge < -0.3 is 9.72 Å². The van der Waals surface area contributed by atoms with E-state index in [-0.39, 0.29) is 5.56 Å². The van der Waals surface area contributed by atoms with Crippen LogP contribution in [-0.4, -0.2) is 22.3 Å². The number of H-pyrrole nitrogens is 1. The number of nitrogens with zero attached hydrogens (tertiary/aromatic N) is 1. The molecule has 29 heavy (non-hydrogen) atoms. The molecule has 0 atom stereocenters. The van der Waals surface area contributed by atoms with Gasteiger partial charge in [-0.25, -0.2) is 4.98 Å². The topological polar surface area (TPSA) is 55.0 Å². The average molecular weight is 487 g/mol. The maximum atomic E-state index is 12.7. The highest BCUT2D eigenvalue weighted by molar-refractivity contribution is 9.10. The van der Waals surface area contributed by atoms with Crippen molar-refractivity contribution in [3.63, 3.8) is 0 Å². The summed E-state index contributed by atoms with van der Waals surface area (Å²) < 4.78 is 6.75. The number of aryl methyl sites for hydroxylation is 1. The van der Waals surface area contributed by atoms with E-state index in [2.05, 4.69) is 32.8 Å². The molecule has 0 amide bonds. The van der Waals surface area contributed by atoms with Gasteiger partial charge in [0.25, 0.3) is 5.56 Å². The molecule has 4 nitrogen and oxygen atoms in total. The van der Waals surface area contributed by atoms with Gasteiger partial charge in [-0.05, 0) is 36.8 Å². The number of hydrogen-bond donors (Lipinski definition) is 1. The minimum absolute atomic E-state index is 0.0827. The molecule has 0 fully saturated rings. The Morgan fingerprint density at radius 1 is 1.14 bits per heavy atom. The first-order valence-corrected chi connectivity index (χ1v) is 12.0. The Labute approximate surface area is 185 Å². The number of rotatable bonds is 7. The molecule has 0 bridgehead atoms. The minimum Gasteiger partial charge on any atom is -0.493 e. The van der Waals surface area contributed by atoms with E-state index in [9.17, 15) is 4.79 Å². The van der Waals surface area contributed by atoms with E-state index >= 15 is 0 Å². The zero-order valence-corrected chi connectivity index (χ0v) is 19.0. The third-order valence-corrected chi connectivity index (χ3v) is 6.74. The Bertz CT molecular complexity index is 1170. The van der Waals surface area contributed by atoms with E-state index in [1.807, 2.05) is 53.9 Å². The molecule has 0 radical (unpaired) electrons. The van der Waals surface area contributed by atoms with Gasteiger partial charge in [-0.2, -0.15) is 11.8 Å². The molecular weight excluding hydrogens is 468 g/mol. The predicted molar refractivity (Wildman–Crippen MR) is 126 cm³/mol. The quantitative estimate of drug-likeness (QED) is 0.323. The first-order chi connectivity index (χ1) is 14.1. The van der Waals surface area contributed by atoms with Gasteiger partial charge in [0.15, 0.2) is 0 Å². The second-order valence-corrected chi connectivity index (χ2v) is 9.44. The van der Waals surface area contributed by atoms with Crippen molar-refractivity contribution in [1.82, 2.24) is 9.97 Å². The fourth-order valence-corrected chi connectivity index (χ4v) is 4.83. The maximum Gasteiger partial charge on any atom is 0.260 e. The monoisotopic (exact) mass is 486 g/mol. The van der Waals surface area contributed by atoms with Crippen LogP contribution in [0.5, 0.6) is 5.75 Å². The number of ether oxygens (including phenoxy) is 1. The van der Waals surface area contributed by atoms with Crippen molar-refractivity contribution in [2.24, 2.45) is 0 Å². The summed E-state index contributed by atoms with van der Waals surface area (Å²) in [6.07, 6.45) is 0. The van der Waals surface area contributed by atoms with Crippen LogP contribution in [0.3, 0.4) is 0 Å². The summed E-state index contributed by atoms with van der Waals surface area (Å²) in [6, 6.07) is 16.0. The number of fused-ring (bicyclic) bond motifs is 1. The van der Waals surface area contributed by atoms with E-state index in [0.717, 1.165) is 31.9 Å². The number of benzene rings is 2. The van der Waals surface area contributed by atoms with E-state index in [1.165, 1.54) is 16.9 Å². The highest BCUT2D eigenvalue weighted by atomic mass is 79.9. The van der Waals surface area contributed by atoms with Crippen LogP contribution >= 0.6 is 39.0 Å². The lowest BCUT2D eigenvalue weighted by molar-refractivity contribution is 0.344. The highest BCUT2D eigenvalue weighted by Crippen LogP contribution is 2.31. The Kier molecular flexibility index (Phi) is 6.37. The molecule has 2 aromatic heterocycles. The molecule has 4 aromatic rings. The predicted octanol–water partition coefficient (Wildman–Crippen LogP) is 6.03. The first kappa shape index (κ1) is 20.2. The molecule has 2 aromatic carbocycles. The van der Waals surface area contributed by atoms with Gasteiger partial charge in [0.2, 0.25) is 0 Å². The van der Waals surface area contributed by atoms with Crippen LogP contribution in [-0.2, 0) is 5.75 Å².